The van der Waals surface area contributed by atoms with Crippen LogP contribution in [0, 0.1) is 34.5 Å². The highest BCUT2D eigenvalue weighted by Crippen LogP contribution is 2.24. The van der Waals surface area contributed by atoms with Crippen molar-refractivity contribution in [3.05, 3.63) is 0 Å². The first-order valence-corrected chi connectivity index (χ1v) is 5.81. The molecule has 4 nitrogen and oxygen atoms in total. The fourth-order valence-electron chi connectivity index (χ4n) is 2.15. The van der Waals surface area contributed by atoms with E-state index >= 15 is 0 Å². The summed E-state index contributed by atoms with van der Waals surface area (Å²) in [5.74, 6) is 0.259. The predicted molar refractivity (Wildman–Crippen MR) is 57.9 cm³/mol. The molecule has 2 aliphatic rings. The molecule has 0 radical (unpaired) electrons. The summed E-state index contributed by atoms with van der Waals surface area (Å²) in [6.45, 7) is 0. The molecule has 2 aliphatic carbocycles. The average Bonchev–Trinajstić information content (AvgIpc) is 2.88. The Morgan fingerprint density at radius 2 is 1.12 bits per heavy atom. The van der Waals surface area contributed by atoms with Gasteiger partial charge in [-0.05, 0) is 38.5 Å². The van der Waals surface area contributed by atoms with Crippen molar-refractivity contribution in [3.8, 4) is 12.1 Å². The van der Waals surface area contributed by atoms with Gasteiger partial charge >= 0.3 is 0 Å². The monoisotopic (exact) mass is 222 g/mol. The van der Waals surface area contributed by atoms with E-state index < -0.39 is 0 Å². The first kappa shape index (κ1) is 13.0. The molecule has 0 aromatic carbocycles. The van der Waals surface area contributed by atoms with Crippen LogP contribution in [0.3, 0.4) is 0 Å². The van der Waals surface area contributed by atoms with Crippen molar-refractivity contribution >= 4 is 0 Å². The van der Waals surface area contributed by atoms with Gasteiger partial charge in [-0.3, -0.25) is 0 Å². The minimum Gasteiger partial charge on any atom is -0.393 e. The first-order valence-electron chi connectivity index (χ1n) is 5.81. The molecule has 0 heterocycles. The smallest absolute Gasteiger partial charge is 0.0656 e. The molecule has 4 heteroatoms. The zero-order valence-electron chi connectivity index (χ0n) is 9.34. The van der Waals surface area contributed by atoms with Crippen molar-refractivity contribution in [1.29, 1.82) is 10.5 Å². The Balaban J connectivity index is 0.000000160. The molecule has 0 amide bonds. The Kier molecular flexibility index (Phi) is 5.25. The molecule has 4 atom stereocenters. The van der Waals surface area contributed by atoms with E-state index in [1.165, 1.54) is 0 Å². The number of hydrogen-bond donors (Lipinski definition) is 2. The Labute approximate surface area is 96.1 Å². The average molecular weight is 222 g/mol. The van der Waals surface area contributed by atoms with Crippen LogP contribution >= 0.6 is 0 Å². The van der Waals surface area contributed by atoms with Gasteiger partial charge in [-0.1, -0.05) is 0 Å². The summed E-state index contributed by atoms with van der Waals surface area (Å²) in [6.07, 6.45) is 4.40. The van der Waals surface area contributed by atoms with Crippen LogP contribution in [0.25, 0.3) is 0 Å². The number of hydrogen-bond acceptors (Lipinski definition) is 4. The summed E-state index contributed by atoms with van der Waals surface area (Å²) in [5.41, 5.74) is 0. The summed E-state index contributed by atoms with van der Waals surface area (Å²) in [6, 6.07) is 4.27. The van der Waals surface area contributed by atoms with E-state index in [9.17, 15) is 0 Å². The van der Waals surface area contributed by atoms with Gasteiger partial charge in [0.1, 0.15) is 0 Å². The molecule has 0 bridgehead atoms. The minimum atomic E-state index is -0.195. The summed E-state index contributed by atoms with van der Waals surface area (Å²) >= 11 is 0. The molecular weight excluding hydrogens is 204 g/mol. The largest absolute Gasteiger partial charge is 0.393 e. The molecule has 0 aromatic heterocycles. The van der Waals surface area contributed by atoms with Crippen LogP contribution in [0.2, 0.25) is 0 Å². The molecule has 0 aromatic rings. The molecule has 2 saturated carbocycles. The zero-order chi connectivity index (χ0) is 12.0. The maximum atomic E-state index is 8.88. The van der Waals surface area contributed by atoms with Gasteiger partial charge in [0, 0.05) is 11.8 Å². The second-order valence-electron chi connectivity index (χ2n) is 4.59. The number of nitrogens with zero attached hydrogens (tertiary/aromatic N) is 2. The third-order valence-corrected chi connectivity index (χ3v) is 3.18. The fraction of sp³-hybridized carbons (Fsp3) is 0.833. The molecule has 88 valence electrons. The highest BCUT2D eigenvalue weighted by atomic mass is 16.3. The molecule has 0 aliphatic heterocycles. The van der Waals surface area contributed by atoms with Gasteiger partial charge in [0.05, 0.1) is 24.3 Å². The van der Waals surface area contributed by atoms with Crippen molar-refractivity contribution in [2.75, 3.05) is 0 Å². The van der Waals surface area contributed by atoms with Gasteiger partial charge in [0.15, 0.2) is 0 Å². The summed E-state index contributed by atoms with van der Waals surface area (Å²) < 4.78 is 0. The van der Waals surface area contributed by atoms with Gasteiger partial charge in [0.2, 0.25) is 0 Å². The Morgan fingerprint density at radius 1 is 0.750 bits per heavy atom. The van der Waals surface area contributed by atoms with E-state index in [-0.39, 0.29) is 24.0 Å². The molecule has 2 N–H and O–H groups in total. The second kappa shape index (κ2) is 6.48. The van der Waals surface area contributed by atoms with Crippen molar-refractivity contribution in [3.63, 3.8) is 0 Å². The topological polar surface area (TPSA) is 88.0 Å². The fourth-order valence-corrected chi connectivity index (χ4v) is 2.15. The highest BCUT2D eigenvalue weighted by Gasteiger charge is 2.22. The van der Waals surface area contributed by atoms with Gasteiger partial charge in [-0.2, -0.15) is 10.5 Å². The Bertz CT molecular complexity index is 262. The van der Waals surface area contributed by atoms with E-state index in [0.29, 0.717) is 12.8 Å². The SMILES string of the molecule is N#C[C@@H]1CC[C@@H](O)C1.N#C[C@H]1CC[C@H](O)C1. The summed E-state index contributed by atoms with van der Waals surface area (Å²) in [4.78, 5) is 0. The quantitative estimate of drug-likeness (QED) is 0.647. The van der Waals surface area contributed by atoms with Crippen molar-refractivity contribution in [2.24, 2.45) is 11.8 Å². The van der Waals surface area contributed by atoms with Gasteiger partial charge in [-0.15, -0.1) is 0 Å². The van der Waals surface area contributed by atoms with Crippen molar-refractivity contribution in [2.45, 2.75) is 50.7 Å². The number of nitriles is 2. The van der Waals surface area contributed by atoms with Gasteiger partial charge in [-0.25, -0.2) is 0 Å². The first-order chi connectivity index (χ1) is 7.65. The summed E-state index contributed by atoms with van der Waals surface area (Å²) in [5, 5.41) is 34.4. The van der Waals surface area contributed by atoms with Gasteiger partial charge in [0.25, 0.3) is 0 Å². The lowest BCUT2D eigenvalue weighted by molar-refractivity contribution is 0.180. The lowest BCUT2D eigenvalue weighted by atomic mass is 10.1. The minimum absolute atomic E-state index is 0.130. The van der Waals surface area contributed by atoms with E-state index in [2.05, 4.69) is 12.1 Å². The van der Waals surface area contributed by atoms with Crippen LogP contribution in [0.15, 0.2) is 0 Å². The lowest BCUT2D eigenvalue weighted by Crippen LogP contribution is -1.98. The standard InChI is InChI=1S/2C6H9NO/c2*7-4-5-1-2-6(8)3-5/h2*5-6,8H,1-3H2/t2*5-,6-/m10/s1. The normalized spacial score (nSPS) is 37.0. The third kappa shape index (κ3) is 4.18. The van der Waals surface area contributed by atoms with E-state index in [1.54, 1.807) is 0 Å². The van der Waals surface area contributed by atoms with Crippen LogP contribution in [0.4, 0.5) is 0 Å². The molecule has 2 rings (SSSR count). The highest BCUT2D eigenvalue weighted by molar-refractivity contribution is 4.90. The number of aliphatic hydroxyl groups is 2. The van der Waals surface area contributed by atoms with E-state index in [0.717, 1.165) is 25.7 Å². The van der Waals surface area contributed by atoms with Crippen molar-refractivity contribution < 1.29 is 10.2 Å². The molecule has 0 unspecified atom stereocenters. The van der Waals surface area contributed by atoms with Crippen LogP contribution in [0.5, 0.6) is 0 Å². The maximum absolute atomic E-state index is 8.88. The number of aliphatic hydroxyl groups excluding tert-OH is 2. The van der Waals surface area contributed by atoms with Crippen LogP contribution < -0.4 is 0 Å². The summed E-state index contributed by atoms with van der Waals surface area (Å²) in [7, 11) is 0. The molecular formula is C12H18N2O2. The molecule has 0 spiro atoms. The third-order valence-electron chi connectivity index (χ3n) is 3.18. The van der Waals surface area contributed by atoms with Crippen LogP contribution in [-0.4, -0.2) is 22.4 Å². The van der Waals surface area contributed by atoms with Crippen molar-refractivity contribution in [1.82, 2.24) is 0 Å². The molecule has 0 saturated heterocycles. The van der Waals surface area contributed by atoms with Crippen LogP contribution in [-0.2, 0) is 0 Å². The number of rotatable bonds is 0. The maximum Gasteiger partial charge on any atom is 0.0656 e. The van der Waals surface area contributed by atoms with Crippen LogP contribution in [0.1, 0.15) is 38.5 Å². The molecule has 2 fully saturated rings. The lowest BCUT2D eigenvalue weighted by Gasteiger charge is -1.94. The Hall–Kier alpha value is -1.10. The van der Waals surface area contributed by atoms with E-state index in [1.807, 2.05) is 0 Å². The van der Waals surface area contributed by atoms with E-state index in [4.69, 9.17) is 20.7 Å². The van der Waals surface area contributed by atoms with Gasteiger partial charge < -0.3 is 10.2 Å². The predicted octanol–water partition coefficient (Wildman–Crippen LogP) is 1.34. The zero-order valence-corrected chi connectivity index (χ0v) is 9.34. The second-order valence-corrected chi connectivity index (χ2v) is 4.59. The molecule has 16 heavy (non-hydrogen) atoms. The Morgan fingerprint density at radius 3 is 1.25 bits per heavy atom.